The van der Waals surface area contributed by atoms with Gasteiger partial charge in [0.05, 0.1) is 6.61 Å². The van der Waals surface area contributed by atoms with Gasteiger partial charge in [-0.25, -0.2) is 0 Å². The maximum Gasteiger partial charge on any atom is 0.163 e. The predicted molar refractivity (Wildman–Crippen MR) is 67.7 cm³/mol. The molecule has 94 valence electrons. The van der Waals surface area contributed by atoms with Gasteiger partial charge in [0.1, 0.15) is 6.10 Å². The zero-order valence-electron chi connectivity index (χ0n) is 10.6. The van der Waals surface area contributed by atoms with Gasteiger partial charge in [-0.15, -0.1) is 0 Å². The summed E-state index contributed by atoms with van der Waals surface area (Å²) < 4.78 is 11.4. The fraction of sp³-hybridized carbons (Fsp3) is 0.571. The fourth-order valence-corrected chi connectivity index (χ4v) is 2.06. The maximum absolute atomic E-state index is 5.81. The molecule has 0 radical (unpaired) electrons. The van der Waals surface area contributed by atoms with E-state index in [2.05, 4.69) is 24.3 Å². The van der Waals surface area contributed by atoms with Gasteiger partial charge in [-0.1, -0.05) is 24.3 Å². The molecule has 2 N–H and O–H groups in total. The van der Waals surface area contributed by atoms with Gasteiger partial charge in [0, 0.05) is 0 Å². The van der Waals surface area contributed by atoms with Crippen LogP contribution in [0.4, 0.5) is 0 Å². The smallest absolute Gasteiger partial charge is 0.163 e. The molecule has 1 aliphatic rings. The lowest BCUT2D eigenvalue weighted by Crippen LogP contribution is -2.19. The molecule has 0 aromatic heterocycles. The van der Waals surface area contributed by atoms with Crippen molar-refractivity contribution in [3.8, 4) is 0 Å². The predicted octanol–water partition coefficient (Wildman–Crippen LogP) is 2.40. The first-order valence-corrected chi connectivity index (χ1v) is 6.21. The lowest BCUT2D eigenvalue weighted by atomic mass is 10.0. The molecule has 0 bridgehead atoms. The molecular formula is C14H21NO2. The zero-order chi connectivity index (χ0) is 12.3. The standard InChI is InChI=1S/C14H21NO2/c1-14(2)16-10-13(17-14)12-7-5-11(6-8-12)4-3-9-15/h5-8,13H,3-4,9-10,15H2,1-2H3. The Balaban J connectivity index is 1.98. The molecule has 1 atom stereocenters. The van der Waals surface area contributed by atoms with Crippen LogP contribution < -0.4 is 5.73 Å². The van der Waals surface area contributed by atoms with Crippen LogP contribution in [-0.2, 0) is 15.9 Å². The van der Waals surface area contributed by atoms with E-state index in [1.54, 1.807) is 0 Å². The summed E-state index contributed by atoms with van der Waals surface area (Å²) in [5, 5.41) is 0. The van der Waals surface area contributed by atoms with E-state index >= 15 is 0 Å². The Kier molecular flexibility index (Phi) is 3.82. The lowest BCUT2D eigenvalue weighted by molar-refractivity contribution is -0.139. The molecule has 1 aromatic rings. The van der Waals surface area contributed by atoms with Crippen molar-refractivity contribution in [2.45, 2.75) is 38.6 Å². The molecule has 0 spiro atoms. The minimum Gasteiger partial charge on any atom is -0.347 e. The monoisotopic (exact) mass is 235 g/mol. The van der Waals surface area contributed by atoms with Crippen molar-refractivity contribution >= 4 is 0 Å². The molecule has 0 saturated carbocycles. The Morgan fingerprint density at radius 1 is 1.29 bits per heavy atom. The molecule has 2 rings (SSSR count). The first-order chi connectivity index (χ1) is 8.11. The summed E-state index contributed by atoms with van der Waals surface area (Å²) in [4.78, 5) is 0. The Hall–Kier alpha value is -0.900. The number of nitrogens with two attached hydrogens (primary N) is 1. The third kappa shape index (κ3) is 3.28. The van der Waals surface area contributed by atoms with E-state index in [0.29, 0.717) is 6.61 Å². The number of aryl methyl sites for hydroxylation is 1. The van der Waals surface area contributed by atoms with Gasteiger partial charge < -0.3 is 15.2 Å². The molecule has 3 nitrogen and oxygen atoms in total. The quantitative estimate of drug-likeness (QED) is 0.871. The molecular weight excluding hydrogens is 214 g/mol. The van der Waals surface area contributed by atoms with Crippen LogP contribution in [0.15, 0.2) is 24.3 Å². The second-order valence-corrected chi connectivity index (χ2v) is 4.95. The number of ether oxygens (including phenoxy) is 2. The Labute approximate surface area is 103 Å². The minimum atomic E-state index is -0.455. The molecule has 1 heterocycles. The summed E-state index contributed by atoms with van der Waals surface area (Å²) in [5.74, 6) is -0.455. The highest BCUT2D eigenvalue weighted by Gasteiger charge is 2.33. The molecule has 1 saturated heterocycles. The van der Waals surface area contributed by atoms with Crippen LogP contribution in [-0.4, -0.2) is 18.9 Å². The van der Waals surface area contributed by atoms with E-state index in [1.807, 2.05) is 13.8 Å². The third-order valence-corrected chi connectivity index (χ3v) is 3.03. The molecule has 17 heavy (non-hydrogen) atoms. The van der Waals surface area contributed by atoms with E-state index in [0.717, 1.165) is 19.4 Å². The highest BCUT2D eigenvalue weighted by molar-refractivity contribution is 5.25. The second kappa shape index (κ2) is 5.17. The number of hydrogen-bond donors (Lipinski definition) is 1. The second-order valence-electron chi connectivity index (χ2n) is 4.95. The van der Waals surface area contributed by atoms with E-state index in [1.165, 1.54) is 11.1 Å². The molecule has 1 unspecified atom stereocenters. The summed E-state index contributed by atoms with van der Waals surface area (Å²) in [6.45, 7) is 5.27. The normalized spacial score (nSPS) is 22.9. The van der Waals surface area contributed by atoms with Crippen LogP contribution in [0.1, 0.15) is 37.5 Å². The van der Waals surface area contributed by atoms with Crippen molar-refractivity contribution in [1.82, 2.24) is 0 Å². The fourth-order valence-electron chi connectivity index (χ4n) is 2.06. The highest BCUT2D eigenvalue weighted by atomic mass is 16.7. The number of benzene rings is 1. The van der Waals surface area contributed by atoms with Crippen molar-refractivity contribution in [3.05, 3.63) is 35.4 Å². The first kappa shape index (κ1) is 12.6. The summed E-state index contributed by atoms with van der Waals surface area (Å²) in [7, 11) is 0. The van der Waals surface area contributed by atoms with Gasteiger partial charge in [-0.05, 0) is 44.4 Å². The topological polar surface area (TPSA) is 44.5 Å². The first-order valence-electron chi connectivity index (χ1n) is 6.21. The van der Waals surface area contributed by atoms with Crippen molar-refractivity contribution in [2.75, 3.05) is 13.2 Å². The van der Waals surface area contributed by atoms with Gasteiger partial charge in [0.15, 0.2) is 5.79 Å². The molecule has 1 aromatic carbocycles. The van der Waals surface area contributed by atoms with Crippen LogP contribution >= 0.6 is 0 Å². The van der Waals surface area contributed by atoms with Crippen LogP contribution in [0.3, 0.4) is 0 Å². The van der Waals surface area contributed by atoms with Gasteiger partial charge >= 0.3 is 0 Å². The molecule has 3 heteroatoms. The van der Waals surface area contributed by atoms with E-state index < -0.39 is 5.79 Å². The Morgan fingerprint density at radius 2 is 2.00 bits per heavy atom. The van der Waals surface area contributed by atoms with E-state index in [4.69, 9.17) is 15.2 Å². The summed E-state index contributed by atoms with van der Waals surface area (Å²) in [6, 6.07) is 8.56. The zero-order valence-corrected chi connectivity index (χ0v) is 10.6. The van der Waals surface area contributed by atoms with Gasteiger partial charge in [-0.3, -0.25) is 0 Å². The van der Waals surface area contributed by atoms with Gasteiger partial charge in [0.2, 0.25) is 0 Å². The van der Waals surface area contributed by atoms with Crippen molar-refractivity contribution in [3.63, 3.8) is 0 Å². The lowest BCUT2D eigenvalue weighted by Gasteiger charge is -2.17. The highest BCUT2D eigenvalue weighted by Crippen LogP contribution is 2.32. The molecule has 1 aliphatic heterocycles. The van der Waals surface area contributed by atoms with Crippen LogP contribution in [0.2, 0.25) is 0 Å². The molecule has 1 fully saturated rings. The summed E-state index contributed by atoms with van der Waals surface area (Å²) in [5.41, 5.74) is 8.02. The van der Waals surface area contributed by atoms with Crippen molar-refractivity contribution in [1.29, 1.82) is 0 Å². The van der Waals surface area contributed by atoms with Gasteiger partial charge in [-0.2, -0.15) is 0 Å². The van der Waals surface area contributed by atoms with E-state index in [9.17, 15) is 0 Å². The maximum atomic E-state index is 5.81. The van der Waals surface area contributed by atoms with Gasteiger partial charge in [0.25, 0.3) is 0 Å². The Morgan fingerprint density at radius 3 is 2.53 bits per heavy atom. The van der Waals surface area contributed by atoms with Crippen molar-refractivity contribution < 1.29 is 9.47 Å². The molecule has 0 aliphatic carbocycles. The number of rotatable bonds is 4. The van der Waals surface area contributed by atoms with Crippen LogP contribution in [0.5, 0.6) is 0 Å². The van der Waals surface area contributed by atoms with E-state index in [-0.39, 0.29) is 6.10 Å². The summed E-state index contributed by atoms with van der Waals surface area (Å²) >= 11 is 0. The Bertz CT molecular complexity index is 359. The largest absolute Gasteiger partial charge is 0.347 e. The van der Waals surface area contributed by atoms with Crippen molar-refractivity contribution in [2.24, 2.45) is 5.73 Å². The minimum absolute atomic E-state index is 0.0635. The average molecular weight is 235 g/mol. The van der Waals surface area contributed by atoms with Crippen LogP contribution in [0.25, 0.3) is 0 Å². The molecule has 0 amide bonds. The number of hydrogen-bond acceptors (Lipinski definition) is 3. The third-order valence-electron chi connectivity index (χ3n) is 3.03. The van der Waals surface area contributed by atoms with Crippen LogP contribution in [0, 0.1) is 0 Å². The summed E-state index contributed by atoms with van der Waals surface area (Å²) in [6.07, 6.45) is 2.15. The average Bonchev–Trinajstić information content (AvgIpc) is 2.68. The SMILES string of the molecule is CC1(C)OCC(c2ccc(CCCN)cc2)O1.